The van der Waals surface area contributed by atoms with Crippen LogP contribution in [0.2, 0.25) is 5.02 Å². The molecule has 19 heavy (non-hydrogen) atoms. The van der Waals surface area contributed by atoms with Gasteiger partial charge in [0.25, 0.3) is 5.91 Å². The van der Waals surface area contributed by atoms with E-state index in [2.05, 4.69) is 10.4 Å². The van der Waals surface area contributed by atoms with Crippen molar-refractivity contribution in [3.8, 4) is 5.75 Å². The van der Waals surface area contributed by atoms with Gasteiger partial charge in [0.15, 0.2) is 0 Å². The largest absolute Gasteiger partial charge is 0.493 e. The van der Waals surface area contributed by atoms with Gasteiger partial charge < -0.3 is 4.74 Å². The number of hydrogen-bond donors (Lipinski definition) is 2. The molecule has 100 valence electrons. The number of ether oxygens (including phenoxy) is 1. The Bertz CT molecular complexity index is 574. The Morgan fingerprint density at radius 1 is 1.53 bits per heavy atom. The Balaban J connectivity index is 1.86. The van der Waals surface area contributed by atoms with E-state index in [-0.39, 0.29) is 5.91 Å². The maximum absolute atomic E-state index is 11.2. The van der Waals surface area contributed by atoms with Crippen molar-refractivity contribution in [3.05, 3.63) is 45.4 Å². The number of rotatable bonds is 5. The van der Waals surface area contributed by atoms with Crippen LogP contribution in [0, 0.1) is 0 Å². The van der Waals surface area contributed by atoms with Crippen molar-refractivity contribution in [2.75, 3.05) is 6.61 Å². The minimum atomic E-state index is -0.334. The van der Waals surface area contributed by atoms with Gasteiger partial charge in [0.2, 0.25) is 0 Å². The van der Waals surface area contributed by atoms with Crippen LogP contribution in [0.1, 0.15) is 14.7 Å². The molecular formula is C12H12ClN3O2S. The van der Waals surface area contributed by atoms with E-state index in [1.807, 2.05) is 12.1 Å². The molecule has 1 amide bonds. The van der Waals surface area contributed by atoms with Crippen molar-refractivity contribution in [1.29, 1.82) is 0 Å². The molecule has 3 N–H and O–H groups in total. The number of nitrogen functional groups attached to an aromatic ring is 1. The summed E-state index contributed by atoms with van der Waals surface area (Å²) >= 11 is 7.14. The van der Waals surface area contributed by atoms with Gasteiger partial charge in [-0.1, -0.05) is 17.7 Å². The molecule has 0 aliphatic rings. The maximum atomic E-state index is 11.2. The number of benzene rings is 1. The van der Waals surface area contributed by atoms with Gasteiger partial charge >= 0.3 is 0 Å². The van der Waals surface area contributed by atoms with Crippen LogP contribution in [0.5, 0.6) is 5.75 Å². The molecule has 0 radical (unpaired) electrons. The van der Waals surface area contributed by atoms with Gasteiger partial charge in [0.1, 0.15) is 10.6 Å². The second-order valence-corrected chi connectivity index (χ2v) is 5.20. The molecule has 0 saturated heterocycles. The average molecular weight is 298 g/mol. The highest BCUT2D eigenvalue weighted by molar-refractivity contribution is 7.13. The first-order chi connectivity index (χ1) is 9.19. The summed E-state index contributed by atoms with van der Waals surface area (Å²) in [5.74, 6) is 5.42. The van der Waals surface area contributed by atoms with Crippen LogP contribution in [-0.2, 0) is 6.42 Å². The monoisotopic (exact) mass is 297 g/mol. The van der Waals surface area contributed by atoms with Crippen LogP contribution in [0.25, 0.3) is 0 Å². The van der Waals surface area contributed by atoms with Gasteiger partial charge in [0.05, 0.1) is 17.8 Å². The number of amides is 1. The maximum Gasteiger partial charge on any atom is 0.276 e. The van der Waals surface area contributed by atoms with Crippen molar-refractivity contribution in [3.63, 3.8) is 0 Å². The average Bonchev–Trinajstić information content (AvgIpc) is 2.87. The molecule has 5 nitrogen and oxygen atoms in total. The second-order valence-electron chi connectivity index (χ2n) is 3.65. The summed E-state index contributed by atoms with van der Waals surface area (Å²) in [5.41, 5.74) is 2.07. The lowest BCUT2D eigenvalue weighted by Crippen LogP contribution is -2.29. The number of aromatic nitrogens is 1. The normalized spacial score (nSPS) is 10.2. The Morgan fingerprint density at radius 2 is 2.37 bits per heavy atom. The van der Waals surface area contributed by atoms with E-state index in [4.69, 9.17) is 22.2 Å². The summed E-state index contributed by atoms with van der Waals surface area (Å²) in [4.78, 5) is 15.9. The van der Waals surface area contributed by atoms with Crippen LogP contribution in [0.15, 0.2) is 30.5 Å². The summed E-state index contributed by atoms with van der Waals surface area (Å²) in [6.07, 6.45) is 2.12. The van der Waals surface area contributed by atoms with Gasteiger partial charge in [-0.05, 0) is 18.2 Å². The lowest BCUT2D eigenvalue weighted by molar-refractivity contribution is 0.0957. The number of carbonyl (C=O) groups excluding carboxylic acids is 1. The van der Waals surface area contributed by atoms with Crippen LogP contribution in [0.4, 0.5) is 0 Å². The van der Waals surface area contributed by atoms with Crippen molar-refractivity contribution >= 4 is 28.8 Å². The first kappa shape index (κ1) is 13.8. The number of hydrazine groups is 1. The summed E-state index contributed by atoms with van der Waals surface area (Å²) in [7, 11) is 0. The quantitative estimate of drug-likeness (QED) is 0.503. The minimum absolute atomic E-state index is 0.334. The third kappa shape index (κ3) is 3.92. The van der Waals surface area contributed by atoms with Gasteiger partial charge in [-0.25, -0.2) is 10.8 Å². The van der Waals surface area contributed by atoms with Crippen molar-refractivity contribution in [1.82, 2.24) is 10.4 Å². The van der Waals surface area contributed by atoms with Crippen LogP contribution >= 0.6 is 22.9 Å². The van der Waals surface area contributed by atoms with E-state index in [1.165, 1.54) is 17.5 Å². The number of nitrogens with zero attached hydrogens (tertiary/aromatic N) is 1. The summed E-state index contributed by atoms with van der Waals surface area (Å²) in [6.45, 7) is 0.470. The van der Waals surface area contributed by atoms with Gasteiger partial charge in [0, 0.05) is 11.4 Å². The lowest BCUT2D eigenvalue weighted by Gasteiger charge is -2.04. The Labute approximate surface area is 119 Å². The molecule has 0 unspecified atom stereocenters. The lowest BCUT2D eigenvalue weighted by atomic mass is 10.3. The molecule has 7 heteroatoms. The van der Waals surface area contributed by atoms with E-state index >= 15 is 0 Å². The van der Waals surface area contributed by atoms with E-state index in [0.717, 1.165) is 5.01 Å². The van der Waals surface area contributed by atoms with E-state index in [9.17, 15) is 4.79 Å². The van der Waals surface area contributed by atoms with Gasteiger partial charge in [-0.15, -0.1) is 11.3 Å². The fraction of sp³-hybridized carbons (Fsp3) is 0.167. The molecular weight excluding hydrogens is 286 g/mol. The van der Waals surface area contributed by atoms with Crippen LogP contribution in [-0.4, -0.2) is 17.5 Å². The minimum Gasteiger partial charge on any atom is -0.493 e. The predicted octanol–water partition coefficient (Wildman–Crippen LogP) is 2.02. The highest BCUT2D eigenvalue weighted by atomic mass is 35.5. The van der Waals surface area contributed by atoms with E-state index < -0.39 is 0 Å². The smallest absolute Gasteiger partial charge is 0.276 e. The molecule has 0 spiro atoms. The summed E-state index contributed by atoms with van der Waals surface area (Å²) < 4.78 is 5.54. The van der Waals surface area contributed by atoms with Crippen molar-refractivity contribution in [2.45, 2.75) is 6.42 Å². The fourth-order valence-corrected chi connectivity index (χ4v) is 2.40. The molecule has 1 heterocycles. The molecule has 1 aromatic heterocycles. The number of hydrogen-bond acceptors (Lipinski definition) is 5. The number of halogens is 1. The molecule has 0 atom stereocenters. The highest BCUT2D eigenvalue weighted by Crippen LogP contribution is 2.18. The predicted molar refractivity (Wildman–Crippen MR) is 74.4 cm³/mol. The molecule has 0 bridgehead atoms. The standard InChI is InChI=1S/C12H12ClN3O2S/c13-8-2-1-3-9(6-8)18-5-4-11-15-7-10(19-11)12(17)16-14/h1-3,6-7H,4-5,14H2,(H,16,17). The molecule has 0 saturated carbocycles. The topological polar surface area (TPSA) is 77.2 Å². The number of carbonyl (C=O) groups is 1. The molecule has 0 aliphatic carbocycles. The zero-order valence-electron chi connectivity index (χ0n) is 9.93. The molecule has 2 aromatic rings. The third-order valence-corrected chi connectivity index (χ3v) is 3.58. The Kier molecular flexibility index (Phi) is 4.73. The van der Waals surface area contributed by atoms with Gasteiger partial charge in [-0.3, -0.25) is 10.2 Å². The molecule has 1 aromatic carbocycles. The Morgan fingerprint density at radius 3 is 3.11 bits per heavy atom. The zero-order valence-corrected chi connectivity index (χ0v) is 11.5. The molecule has 2 rings (SSSR count). The second kappa shape index (κ2) is 6.51. The van der Waals surface area contributed by atoms with Crippen LogP contribution in [0.3, 0.4) is 0 Å². The molecule has 0 aliphatic heterocycles. The third-order valence-electron chi connectivity index (χ3n) is 2.29. The van der Waals surface area contributed by atoms with Gasteiger partial charge in [-0.2, -0.15) is 0 Å². The highest BCUT2D eigenvalue weighted by Gasteiger charge is 2.08. The van der Waals surface area contributed by atoms with Crippen molar-refractivity contribution in [2.24, 2.45) is 5.84 Å². The number of nitrogens with two attached hydrogens (primary N) is 1. The van der Waals surface area contributed by atoms with E-state index in [1.54, 1.807) is 12.1 Å². The zero-order chi connectivity index (χ0) is 13.7. The van der Waals surface area contributed by atoms with Crippen molar-refractivity contribution < 1.29 is 9.53 Å². The summed E-state index contributed by atoms with van der Waals surface area (Å²) in [6, 6.07) is 7.19. The first-order valence-electron chi connectivity index (χ1n) is 5.53. The summed E-state index contributed by atoms with van der Waals surface area (Å²) in [5, 5.41) is 1.45. The number of thiazole rings is 1. The van der Waals surface area contributed by atoms with E-state index in [0.29, 0.717) is 28.7 Å². The van der Waals surface area contributed by atoms with Crippen LogP contribution < -0.4 is 16.0 Å². The first-order valence-corrected chi connectivity index (χ1v) is 6.72. The molecule has 0 fully saturated rings. The number of nitrogens with one attached hydrogen (secondary N) is 1. The Hall–Kier alpha value is -1.63. The fourth-order valence-electron chi connectivity index (χ4n) is 1.41. The SMILES string of the molecule is NNC(=O)c1cnc(CCOc2cccc(Cl)c2)s1.